The van der Waals surface area contributed by atoms with Crippen molar-refractivity contribution in [3.05, 3.63) is 11.5 Å². The molecular formula is C6H9N3O. The number of aryl methyl sites for hydroxylation is 2. The van der Waals surface area contributed by atoms with Crippen LogP contribution in [0.4, 0.5) is 6.01 Å². The van der Waals surface area contributed by atoms with Gasteiger partial charge in [-0.2, -0.15) is 10.1 Å². The number of nitrogens with zero attached hydrogens (tertiary/aromatic N) is 2. The van der Waals surface area contributed by atoms with Gasteiger partial charge in [0.1, 0.15) is 5.76 Å². The lowest BCUT2D eigenvalue weighted by molar-refractivity contribution is 0.540. The van der Waals surface area contributed by atoms with Gasteiger partial charge in [0.25, 0.3) is 0 Å². The molecule has 1 heterocycles. The van der Waals surface area contributed by atoms with Crippen molar-refractivity contribution in [2.75, 3.05) is 5.43 Å². The molecule has 0 aliphatic rings. The zero-order chi connectivity index (χ0) is 7.56. The Morgan fingerprint density at radius 1 is 1.60 bits per heavy atom. The molecule has 54 valence electrons. The molecule has 4 nitrogen and oxygen atoms in total. The third-order valence-corrected chi connectivity index (χ3v) is 1.20. The normalized spacial score (nSPS) is 9.40. The van der Waals surface area contributed by atoms with E-state index >= 15 is 0 Å². The van der Waals surface area contributed by atoms with Crippen molar-refractivity contribution in [1.82, 2.24) is 4.98 Å². The Kier molecular flexibility index (Phi) is 1.71. The number of nitrogens with one attached hydrogen (secondary N) is 1. The Morgan fingerprint density at radius 3 is 2.70 bits per heavy atom. The van der Waals surface area contributed by atoms with E-state index < -0.39 is 0 Å². The summed E-state index contributed by atoms with van der Waals surface area (Å²) in [6.45, 7) is 6.95. The molecule has 0 spiro atoms. The summed E-state index contributed by atoms with van der Waals surface area (Å²) in [6.07, 6.45) is 0. The largest absolute Gasteiger partial charge is 0.428 e. The lowest BCUT2D eigenvalue weighted by Crippen LogP contribution is -1.84. The van der Waals surface area contributed by atoms with Crippen LogP contribution in [0.15, 0.2) is 9.52 Å². The van der Waals surface area contributed by atoms with Gasteiger partial charge in [0.15, 0.2) is 0 Å². The van der Waals surface area contributed by atoms with Crippen LogP contribution in [0.5, 0.6) is 0 Å². The van der Waals surface area contributed by atoms with Crippen molar-refractivity contribution < 1.29 is 4.42 Å². The Bertz CT molecular complexity index is 222. The van der Waals surface area contributed by atoms with E-state index in [2.05, 4.69) is 22.2 Å². The van der Waals surface area contributed by atoms with Gasteiger partial charge >= 0.3 is 6.01 Å². The molecule has 0 aromatic carbocycles. The van der Waals surface area contributed by atoms with Crippen LogP contribution in [0.3, 0.4) is 0 Å². The average Bonchev–Trinajstić information content (AvgIpc) is 2.14. The van der Waals surface area contributed by atoms with Gasteiger partial charge in [-0.15, -0.1) is 0 Å². The fraction of sp³-hybridized carbons (Fsp3) is 0.333. The van der Waals surface area contributed by atoms with Gasteiger partial charge in [-0.1, -0.05) is 0 Å². The molecule has 0 fully saturated rings. The zero-order valence-corrected chi connectivity index (χ0v) is 6.01. The molecule has 0 saturated carbocycles. The fourth-order valence-electron chi connectivity index (χ4n) is 0.588. The summed E-state index contributed by atoms with van der Waals surface area (Å²) in [5, 5.41) is 3.40. The van der Waals surface area contributed by atoms with Crippen molar-refractivity contribution >= 4 is 12.7 Å². The van der Waals surface area contributed by atoms with Gasteiger partial charge in [0.2, 0.25) is 0 Å². The molecule has 0 aliphatic carbocycles. The fourth-order valence-corrected chi connectivity index (χ4v) is 0.588. The second-order valence-corrected chi connectivity index (χ2v) is 1.93. The highest BCUT2D eigenvalue weighted by molar-refractivity contribution is 5.30. The average molecular weight is 139 g/mol. The smallest absolute Gasteiger partial charge is 0.316 e. The first-order valence-corrected chi connectivity index (χ1v) is 2.90. The summed E-state index contributed by atoms with van der Waals surface area (Å²) in [7, 11) is 0. The van der Waals surface area contributed by atoms with E-state index in [1.807, 2.05) is 13.8 Å². The van der Waals surface area contributed by atoms with Crippen LogP contribution in [0.25, 0.3) is 0 Å². The van der Waals surface area contributed by atoms with E-state index in [1.165, 1.54) is 0 Å². The zero-order valence-electron chi connectivity index (χ0n) is 6.01. The molecule has 1 aromatic heterocycles. The van der Waals surface area contributed by atoms with Crippen LogP contribution in [0, 0.1) is 13.8 Å². The summed E-state index contributed by atoms with van der Waals surface area (Å²) >= 11 is 0. The van der Waals surface area contributed by atoms with Crippen molar-refractivity contribution in [3.63, 3.8) is 0 Å². The summed E-state index contributed by atoms with van der Waals surface area (Å²) in [6, 6.07) is 0.394. The molecular weight excluding hydrogens is 130 g/mol. The Labute approximate surface area is 59.0 Å². The lowest BCUT2D eigenvalue weighted by Gasteiger charge is -1.86. The molecule has 0 radical (unpaired) electrons. The first-order valence-electron chi connectivity index (χ1n) is 2.90. The predicted octanol–water partition coefficient (Wildman–Crippen LogP) is 1.32. The minimum absolute atomic E-state index is 0.394. The highest BCUT2D eigenvalue weighted by Crippen LogP contribution is 2.11. The predicted molar refractivity (Wildman–Crippen MR) is 39.1 cm³/mol. The summed E-state index contributed by atoms with van der Waals surface area (Å²) in [5.74, 6) is 0.797. The number of rotatable bonds is 2. The van der Waals surface area contributed by atoms with E-state index in [-0.39, 0.29) is 0 Å². The van der Waals surface area contributed by atoms with Gasteiger partial charge in [0.05, 0.1) is 5.69 Å². The molecule has 1 N–H and O–H groups in total. The van der Waals surface area contributed by atoms with E-state index in [4.69, 9.17) is 4.42 Å². The maximum Gasteiger partial charge on any atom is 0.316 e. The van der Waals surface area contributed by atoms with Gasteiger partial charge in [-0.25, -0.2) is 5.43 Å². The molecule has 1 aromatic rings. The van der Waals surface area contributed by atoms with Crippen LogP contribution in [-0.4, -0.2) is 11.7 Å². The van der Waals surface area contributed by atoms with Gasteiger partial charge in [0, 0.05) is 6.72 Å². The summed E-state index contributed by atoms with van der Waals surface area (Å²) < 4.78 is 5.10. The van der Waals surface area contributed by atoms with Crippen LogP contribution in [0.1, 0.15) is 11.5 Å². The Hall–Kier alpha value is -1.32. The van der Waals surface area contributed by atoms with Crippen molar-refractivity contribution in [2.24, 2.45) is 5.10 Å². The second-order valence-electron chi connectivity index (χ2n) is 1.93. The third kappa shape index (κ3) is 1.15. The maximum absolute atomic E-state index is 5.10. The number of oxazole rings is 1. The SMILES string of the molecule is C=NNc1nc(C)c(C)o1. The minimum Gasteiger partial charge on any atom is -0.428 e. The molecule has 0 amide bonds. The molecule has 10 heavy (non-hydrogen) atoms. The topological polar surface area (TPSA) is 50.4 Å². The lowest BCUT2D eigenvalue weighted by atomic mass is 10.4. The minimum atomic E-state index is 0.394. The second kappa shape index (κ2) is 2.51. The van der Waals surface area contributed by atoms with E-state index in [1.54, 1.807) is 0 Å². The molecule has 4 heteroatoms. The Morgan fingerprint density at radius 2 is 2.30 bits per heavy atom. The highest BCUT2D eigenvalue weighted by Gasteiger charge is 2.01. The van der Waals surface area contributed by atoms with Crippen molar-refractivity contribution in [2.45, 2.75) is 13.8 Å². The van der Waals surface area contributed by atoms with E-state index in [0.29, 0.717) is 6.01 Å². The van der Waals surface area contributed by atoms with Gasteiger partial charge in [-0.05, 0) is 13.8 Å². The quantitative estimate of drug-likeness (QED) is 0.496. The number of hydrazone groups is 1. The van der Waals surface area contributed by atoms with Crippen LogP contribution >= 0.6 is 0 Å². The summed E-state index contributed by atoms with van der Waals surface area (Å²) in [4.78, 5) is 3.99. The first kappa shape index (κ1) is 6.80. The first-order chi connectivity index (χ1) is 4.74. The molecule has 0 unspecified atom stereocenters. The van der Waals surface area contributed by atoms with Crippen molar-refractivity contribution in [1.29, 1.82) is 0 Å². The number of hydrogen-bond acceptors (Lipinski definition) is 4. The maximum atomic E-state index is 5.10. The highest BCUT2D eigenvalue weighted by atomic mass is 16.4. The molecule has 0 atom stereocenters. The molecule has 0 bridgehead atoms. The Balaban J connectivity index is 2.86. The number of anilines is 1. The van der Waals surface area contributed by atoms with Crippen LogP contribution in [-0.2, 0) is 0 Å². The van der Waals surface area contributed by atoms with Gasteiger partial charge in [-0.3, -0.25) is 0 Å². The van der Waals surface area contributed by atoms with E-state index in [0.717, 1.165) is 11.5 Å². The molecule has 0 saturated heterocycles. The molecule has 0 aliphatic heterocycles. The summed E-state index contributed by atoms with van der Waals surface area (Å²) in [5.41, 5.74) is 3.37. The van der Waals surface area contributed by atoms with Crippen LogP contribution < -0.4 is 5.43 Å². The third-order valence-electron chi connectivity index (χ3n) is 1.20. The van der Waals surface area contributed by atoms with E-state index in [9.17, 15) is 0 Å². The number of hydrogen-bond donors (Lipinski definition) is 1. The number of aromatic nitrogens is 1. The van der Waals surface area contributed by atoms with Crippen molar-refractivity contribution in [3.8, 4) is 0 Å². The standard InChI is InChI=1S/C6H9N3O/c1-4-5(2)10-6(8-4)9-7-3/h3H2,1-2H3,(H,8,9). The van der Waals surface area contributed by atoms with Gasteiger partial charge < -0.3 is 4.42 Å². The molecule has 1 rings (SSSR count). The monoisotopic (exact) mass is 139 g/mol. The van der Waals surface area contributed by atoms with Crippen LogP contribution in [0.2, 0.25) is 0 Å².